The third-order valence-electron chi connectivity index (χ3n) is 1.89. The number of nitrogens with zero attached hydrogens (tertiary/aromatic N) is 2. The average Bonchev–Trinajstić information content (AvgIpc) is 2.63. The van der Waals surface area contributed by atoms with E-state index in [9.17, 15) is 4.79 Å². The predicted octanol–water partition coefficient (Wildman–Crippen LogP) is 3.51. The first-order valence-electron chi connectivity index (χ1n) is 4.62. The molecule has 0 spiro atoms. The van der Waals surface area contributed by atoms with Gasteiger partial charge in [-0.15, -0.1) is 10.2 Å². The fourth-order valence-electron chi connectivity index (χ4n) is 1.29. The first-order chi connectivity index (χ1) is 8.04. The van der Waals surface area contributed by atoms with Gasteiger partial charge in [0.05, 0.1) is 0 Å². The van der Waals surface area contributed by atoms with E-state index in [1.807, 2.05) is 25.1 Å². The first-order valence-corrected chi connectivity index (χ1v) is 6.61. The Labute approximate surface area is 115 Å². The van der Waals surface area contributed by atoms with Crippen molar-refractivity contribution >= 4 is 50.5 Å². The Morgan fingerprint density at radius 3 is 2.76 bits per heavy atom. The summed E-state index contributed by atoms with van der Waals surface area (Å²) in [5.41, 5.74) is 1.75. The number of rotatable bonds is 2. The van der Waals surface area contributed by atoms with Crippen molar-refractivity contribution in [3.8, 4) is 0 Å². The van der Waals surface area contributed by atoms with Crippen LogP contribution in [-0.4, -0.2) is 16.1 Å². The summed E-state index contributed by atoms with van der Waals surface area (Å²) in [7, 11) is 0. The molecule has 0 atom stereocenters. The number of anilines is 1. The van der Waals surface area contributed by atoms with Gasteiger partial charge in [0.2, 0.25) is 9.47 Å². The fraction of sp³-hybridized carbons (Fsp3) is 0.100. The molecule has 1 amide bonds. The first kappa shape index (κ1) is 12.5. The van der Waals surface area contributed by atoms with E-state index in [4.69, 9.17) is 11.6 Å². The van der Waals surface area contributed by atoms with Gasteiger partial charge in [0.25, 0.3) is 5.91 Å². The van der Waals surface area contributed by atoms with Gasteiger partial charge in [0.15, 0.2) is 0 Å². The van der Waals surface area contributed by atoms with Crippen molar-refractivity contribution in [3.05, 3.63) is 37.7 Å². The molecule has 0 aliphatic heterocycles. The lowest BCUT2D eigenvalue weighted by Gasteiger charge is -2.04. The topological polar surface area (TPSA) is 54.9 Å². The molecule has 2 rings (SSSR count). The van der Waals surface area contributed by atoms with Gasteiger partial charge in [0.1, 0.15) is 0 Å². The highest BCUT2D eigenvalue weighted by atomic mass is 79.9. The molecule has 1 aromatic carbocycles. The molecule has 0 aliphatic carbocycles. The second kappa shape index (κ2) is 5.12. The van der Waals surface area contributed by atoms with E-state index in [1.165, 1.54) is 0 Å². The normalized spacial score (nSPS) is 10.3. The molecule has 1 aromatic heterocycles. The van der Waals surface area contributed by atoms with E-state index < -0.39 is 0 Å². The van der Waals surface area contributed by atoms with Gasteiger partial charge in [-0.05, 0) is 42.3 Å². The summed E-state index contributed by atoms with van der Waals surface area (Å²) in [4.78, 5) is 11.8. The second-order valence-corrected chi connectivity index (χ2v) is 5.81. The summed E-state index contributed by atoms with van der Waals surface area (Å²) in [6, 6.07) is 5.64. The van der Waals surface area contributed by atoms with E-state index in [-0.39, 0.29) is 15.4 Å². The largest absolute Gasteiger partial charge is 0.320 e. The maximum Gasteiger partial charge on any atom is 0.286 e. The van der Waals surface area contributed by atoms with Crippen molar-refractivity contribution in [2.75, 3.05) is 5.32 Å². The molecule has 0 radical (unpaired) electrons. The maximum absolute atomic E-state index is 11.8. The average molecular weight is 333 g/mol. The van der Waals surface area contributed by atoms with Crippen molar-refractivity contribution in [3.63, 3.8) is 0 Å². The van der Waals surface area contributed by atoms with Gasteiger partial charge in [-0.1, -0.05) is 27.3 Å². The van der Waals surface area contributed by atoms with Crippen molar-refractivity contribution in [2.24, 2.45) is 0 Å². The van der Waals surface area contributed by atoms with Gasteiger partial charge in [0, 0.05) is 10.2 Å². The van der Waals surface area contributed by atoms with Crippen molar-refractivity contribution in [2.45, 2.75) is 6.92 Å². The molecule has 0 bridgehead atoms. The Hall–Kier alpha value is -0.980. The number of carbonyl (C=O) groups excluding carboxylic acids is 1. The number of halogens is 2. The molecular formula is C10H7BrClN3OS. The molecule has 0 unspecified atom stereocenters. The van der Waals surface area contributed by atoms with Crippen molar-refractivity contribution in [1.29, 1.82) is 0 Å². The number of hydrogen-bond donors (Lipinski definition) is 1. The number of carbonyl (C=O) groups is 1. The van der Waals surface area contributed by atoms with Crippen LogP contribution in [0.4, 0.5) is 5.69 Å². The van der Waals surface area contributed by atoms with Crippen LogP contribution in [0.1, 0.15) is 15.4 Å². The summed E-state index contributed by atoms with van der Waals surface area (Å²) < 4.78 is 1.16. The van der Waals surface area contributed by atoms with Crippen LogP contribution in [0.25, 0.3) is 0 Å². The van der Waals surface area contributed by atoms with E-state index in [0.29, 0.717) is 5.69 Å². The van der Waals surface area contributed by atoms with Gasteiger partial charge in [-0.3, -0.25) is 4.79 Å². The third-order valence-corrected chi connectivity index (χ3v) is 3.37. The number of aromatic nitrogens is 2. The summed E-state index contributed by atoms with van der Waals surface area (Å²) in [6.45, 7) is 1.95. The zero-order valence-electron chi connectivity index (χ0n) is 8.70. The monoisotopic (exact) mass is 331 g/mol. The summed E-state index contributed by atoms with van der Waals surface area (Å²) in [5, 5.41) is 10.2. The highest BCUT2D eigenvalue weighted by Crippen LogP contribution is 2.21. The van der Waals surface area contributed by atoms with E-state index in [1.54, 1.807) is 0 Å². The zero-order chi connectivity index (χ0) is 12.4. The van der Waals surface area contributed by atoms with Crippen LogP contribution in [0.15, 0.2) is 22.7 Å². The van der Waals surface area contributed by atoms with Crippen LogP contribution < -0.4 is 5.32 Å². The highest BCUT2D eigenvalue weighted by molar-refractivity contribution is 9.10. The standard InChI is InChI=1S/C10H7BrClN3OS/c1-5-2-6(11)4-7(3-5)13-8(16)9-14-15-10(12)17-9/h2-4H,1H3,(H,13,16). The predicted molar refractivity (Wildman–Crippen MR) is 71.8 cm³/mol. The molecule has 2 aromatic rings. The lowest BCUT2D eigenvalue weighted by Crippen LogP contribution is -2.11. The molecule has 88 valence electrons. The number of amides is 1. The van der Waals surface area contributed by atoms with Crippen LogP contribution in [0.3, 0.4) is 0 Å². The molecule has 0 saturated heterocycles. The molecule has 17 heavy (non-hydrogen) atoms. The molecule has 4 nitrogen and oxygen atoms in total. The molecule has 0 saturated carbocycles. The van der Waals surface area contributed by atoms with E-state index in [0.717, 1.165) is 21.4 Å². The van der Waals surface area contributed by atoms with Crippen LogP contribution >= 0.6 is 38.9 Å². The quantitative estimate of drug-likeness (QED) is 0.915. The maximum atomic E-state index is 11.8. The number of hydrogen-bond acceptors (Lipinski definition) is 4. The van der Waals surface area contributed by atoms with Gasteiger partial charge in [-0.25, -0.2) is 0 Å². The van der Waals surface area contributed by atoms with Crippen LogP contribution in [0.2, 0.25) is 4.47 Å². The third kappa shape index (κ3) is 3.24. The van der Waals surface area contributed by atoms with Crippen molar-refractivity contribution < 1.29 is 4.79 Å². The molecule has 0 aliphatic rings. The van der Waals surface area contributed by atoms with Gasteiger partial charge >= 0.3 is 0 Å². The molecule has 1 heterocycles. The SMILES string of the molecule is Cc1cc(Br)cc(NC(=O)c2nnc(Cl)s2)c1. The van der Waals surface area contributed by atoms with Gasteiger partial charge in [-0.2, -0.15) is 0 Å². The Morgan fingerprint density at radius 2 is 2.18 bits per heavy atom. The summed E-state index contributed by atoms with van der Waals surface area (Å²) >= 11 is 10.0. The number of nitrogens with one attached hydrogen (secondary N) is 1. The van der Waals surface area contributed by atoms with Gasteiger partial charge < -0.3 is 5.32 Å². The van der Waals surface area contributed by atoms with Crippen molar-refractivity contribution in [1.82, 2.24) is 10.2 Å². The number of benzene rings is 1. The lowest BCUT2D eigenvalue weighted by molar-refractivity contribution is 0.102. The minimum Gasteiger partial charge on any atom is -0.320 e. The highest BCUT2D eigenvalue weighted by Gasteiger charge is 2.12. The summed E-state index contributed by atoms with van der Waals surface area (Å²) in [6.07, 6.45) is 0. The van der Waals surface area contributed by atoms with E-state index >= 15 is 0 Å². The van der Waals surface area contributed by atoms with Crippen LogP contribution in [0.5, 0.6) is 0 Å². The Balaban J connectivity index is 2.18. The Bertz CT molecular complexity index is 552. The smallest absolute Gasteiger partial charge is 0.286 e. The number of aryl methyl sites for hydroxylation is 1. The van der Waals surface area contributed by atoms with E-state index in [2.05, 4.69) is 31.4 Å². The Kier molecular flexibility index (Phi) is 3.76. The second-order valence-electron chi connectivity index (χ2n) is 3.33. The molecular weight excluding hydrogens is 326 g/mol. The fourth-order valence-corrected chi connectivity index (χ4v) is 2.62. The molecule has 1 N–H and O–H groups in total. The lowest BCUT2D eigenvalue weighted by atomic mass is 10.2. The minimum atomic E-state index is -0.313. The molecule has 0 fully saturated rings. The Morgan fingerprint density at radius 1 is 1.41 bits per heavy atom. The van der Waals surface area contributed by atoms with Crippen LogP contribution in [0, 0.1) is 6.92 Å². The molecule has 7 heteroatoms. The minimum absolute atomic E-state index is 0.243. The van der Waals surface area contributed by atoms with Crippen LogP contribution in [-0.2, 0) is 0 Å². The zero-order valence-corrected chi connectivity index (χ0v) is 11.9. The summed E-state index contributed by atoms with van der Waals surface area (Å²) in [5.74, 6) is -0.313.